The molecule has 2 aromatic heterocycles. The molecule has 2 atom stereocenters. The lowest BCUT2D eigenvalue weighted by Crippen LogP contribution is -2.25. The highest BCUT2D eigenvalue weighted by molar-refractivity contribution is 5.71. The lowest BCUT2D eigenvalue weighted by atomic mass is 9.83. The van der Waals surface area contributed by atoms with Crippen molar-refractivity contribution in [1.82, 2.24) is 25.6 Å². The van der Waals surface area contributed by atoms with Gasteiger partial charge >= 0.3 is 5.97 Å². The van der Waals surface area contributed by atoms with Gasteiger partial charge in [-0.1, -0.05) is 42.8 Å². The molecule has 4 N–H and O–H groups in total. The van der Waals surface area contributed by atoms with E-state index in [9.17, 15) is 9.90 Å². The number of hydrogen-bond acceptors (Lipinski definition) is 6. The van der Waals surface area contributed by atoms with Crippen LogP contribution in [0, 0.1) is 5.92 Å². The lowest BCUT2D eigenvalue weighted by molar-refractivity contribution is -0.142. The number of pyridine rings is 1. The standard InChI is InChI=1S/C19H22N6O2/c1-2-4-15(19(26)27)16(18-22-24-25-23-18)10-12-5-3-6-13(9-12)14-7-8-21-17(20)11-14/h3,5-9,11,15-16H,2,4,10H2,1H3,(H2,20,21)(H,26,27)(H,22,23,24,25). The van der Waals surface area contributed by atoms with Crippen LogP contribution in [-0.4, -0.2) is 36.7 Å². The fraction of sp³-hybridized carbons (Fsp3) is 0.316. The van der Waals surface area contributed by atoms with Crippen LogP contribution in [0.1, 0.15) is 37.1 Å². The van der Waals surface area contributed by atoms with E-state index in [1.807, 2.05) is 43.3 Å². The van der Waals surface area contributed by atoms with Gasteiger partial charge in [0, 0.05) is 12.1 Å². The second kappa shape index (κ2) is 8.39. The van der Waals surface area contributed by atoms with Crippen molar-refractivity contribution in [3.05, 3.63) is 54.0 Å². The summed E-state index contributed by atoms with van der Waals surface area (Å²) < 4.78 is 0. The van der Waals surface area contributed by atoms with Crippen molar-refractivity contribution in [3.63, 3.8) is 0 Å². The predicted octanol–water partition coefficient (Wildman–Crippen LogP) is 2.67. The van der Waals surface area contributed by atoms with Crippen molar-refractivity contribution < 1.29 is 9.90 Å². The number of anilines is 1. The van der Waals surface area contributed by atoms with E-state index >= 15 is 0 Å². The molecule has 0 aliphatic rings. The molecular formula is C19H22N6O2. The summed E-state index contributed by atoms with van der Waals surface area (Å²) in [6.45, 7) is 1.97. The highest BCUT2D eigenvalue weighted by atomic mass is 16.4. The van der Waals surface area contributed by atoms with E-state index < -0.39 is 11.9 Å². The van der Waals surface area contributed by atoms with Gasteiger partial charge in [0.15, 0.2) is 5.82 Å². The van der Waals surface area contributed by atoms with E-state index in [0.29, 0.717) is 24.5 Å². The molecular weight excluding hydrogens is 344 g/mol. The molecule has 8 heteroatoms. The normalized spacial score (nSPS) is 13.2. The minimum absolute atomic E-state index is 0.362. The zero-order valence-electron chi connectivity index (χ0n) is 15.0. The van der Waals surface area contributed by atoms with Crippen LogP contribution in [0.25, 0.3) is 11.1 Å². The highest BCUT2D eigenvalue weighted by Crippen LogP contribution is 2.31. The number of tetrazole rings is 1. The van der Waals surface area contributed by atoms with Crippen LogP contribution in [-0.2, 0) is 11.2 Å². The maximum atomic E-state index is 11.8. The van der Waals surface area contributed by atoms with Crippen molar-refractivity contribution in [1.29, 1.82) is 0 Å². The molecule has 2 heterocycles. The zero-order chi connectivity index (χ0) is 19.2. The Hall–Kier alpha value is -3.29. The second-order valence-corrected chi connectivity index (χ2v) is 6.48. The number of benzene rings is 1. The molecule has 0 fully saturated rings. The van der Waals surface area contributed by atoms with Crippen LogP contribution in [0.15, 0.2) is 42.6 Å². The van der Waals surface area contributed by atoms with E-state index in [2.05, 4.69) is 25.6 Å². The summed E-state index contributed by atoms with van der Waals surface area (Å²) in [5, 5.41) is 23.9. The van der Waals surface area contributed by atoms with E-state index in [0.717, 1.165) is 23.1 Å². The Labute approximate surface area is 156 Å². The van der Waals surface area contributed by atoms with Crippen LogP contribution in [0.2, 0.25) is 0 Å². The second-order valence-electron chi connectivity index (χ2n) is 6.48. The van der Waals surface area contributed by atoms with Gasteiger partial charge in [-0.2, -0.15) is 5.21 Å². The Kier molecular flexibility index (Phi) is 5.75. The average molecular weight is 366 g/mol. The van der Waals surface area contributed by atoms with Gasteiger partial charge < -0.3 is 10.8 Å². The van der Waals surface area contributed by atoms with Crippen molar-refractivity contribution >= 4 is 11.8 Å². The van der Waals surface area contributed by atoms with Crippen molar-refractivity contribution in [3.8, 4) is 11.1 Å². The largest absolute Gasteiger partial charge is 0.481 e. The molecule has 0 bridgehead atoms. The summed E-state index contributed by atoms with van der Waals surface area (Å²) in [4.78, 5) is 15.9. The molecule has 3 rings (SSSR count). The third-order valence-corrected chi connectivity index (χ3v) is 4.59. The first-order chi connectivity index (χ1) is 13.1. The number of nitrogens with one attached hydrogen (secondary N) is 1. The Morgan fingerprint density at radius 2 is 2.07 bits per heavy atom. The molecule has 0 spiro atoms. The molecule has 0 saturated carbocycles. The SMILES string of the molecule is CCCC(C(=O)O)C(Cc1cccc(-c2ccnc(N)c2)c1)c1nn[nH]n1. The predicted molar refractivity (Wildman–Crippen MR) is 101 cm³/mol. The first-order valence-electron chi connectivity index (χ1n) is 8.85. The topological polar surface area (TPSA) is 131 Å². The number of rotatable bonds is 8. The van der Waals surface area contributed by atoms with E-state index in [-0.39, 0.29) is 5.92 Å². The molecule has 3 aromatic rings. The molecule has 1 aromatic carbocycles. The first-order valence-corrected chi connectivity index (χ1v) is 8.85. The molecule has 0 aliphatic carbocycles. The maximum Gasteiger partial charge on any atom is 0.307 e. The van der Waals surface area contributed by atoms with Crippen LogP contribution < -0.4 is 5.73 Å². The van der Waals surface area contributed by atoms with Crippen LogP contribution in [0.5, 0.6) is 0 Å². The number of carboxylic acid groups (broad SMARTS) is 1. The lowest BCUT2D eigenvalue weighted by Gasteiger charge is -2.21. The Morgan fingerprint density at radius 3 is 2.74 bits per heavy atom. The summed E-state index contributed by atoms with van der Waals surface area (Å²) in [6, 6.07) is 11.7. The van der Waals surface area contributed by atoms with E-state index in [4.69, 9.17) is 5.73 Å². The maximum absolute atomic E-state index is 11.8. The monoisotopic (exact) mass is 366 g/mol. The summed E-state index contributed by atoms with van der Waals surface area (Å²) in [6.07, 6.45) is 3.49. The molecule has 2 unspecified atom stereocenters. The van der Waals surface area contributed by atoms with Crippen LogP contribution >= 0.6 is 0 Å². The molecule has 8 nitrogen and oxygen atoms in total. The Morgan fingerprint density at radius 1 is 1.26 bits per heavy atom. The zero-order valence-corrected chi connectivity index (χ0v) is 15.0. The Bertz CT molecular complexity index is 897. The summed E-state index contributed by atoms with van der Waals surface area (Å²) in [5.41, 5.74) is 8.74. The molecule has 0 saturated heterocycles. The number of nitrogens with zero attached hydrogens (tertiary/aromatic N) is 4. The van der Waals surface area contributed by atoms with Gasteiger partial charge in [0.05, 0.1) is 5.92 Å². The molecule has 0 aliphatic heterocycles. The van der Waals surface area contributed by atoms with Gasteiger partial charge in [-0.3, -0.25) is 4.79 Å². The van der Waals surface area contributed by atoms with Crippen LogP contribution in [0.4, 0.5) is 5.82 Å². The smallest absolute Gasteiger partial charge is 0.307 e. The number of carbonyl (C=O) groups is 1. The number of nitrogen functional groups attached to an aromatic ring is 1. The molecule has 0 radical (unpaired) electrons. The van der Waals surface area contributed by atoms with Gasteiger partial charge in [0.25, 0.3) is 0 Å². The fourth-order valence-electron chi connectivity index (χ4n) is 3.31. The third-order valence-electron chi connectivity index (χ3n) is 4.59. The molecule has 27 heavy (non-hydrogen) atoms. The Balaban J connectivity index is 1.92. The van der Waals surface area contributed by atoms with Gasteiger partial charge in [-0.05, 0) is 41.7 Å². The number of hydrogen-bond donors (Lipinski definition) is 3. The van der Waals surface area contributed by atoms with Gasteiger partial charge in [-0.15, -0.1) is 10.2 Å². The van der Waals surface area contributed by atoms with Gasteiger partial charge in [0.1, 0.15) is 5.82 Å². The number of aromatic nitrogens is 5. The fourth-order valence-corrected chi connectivity index (χ4v) is 3.31. The van der Waals surface area contributed by atoms with Crippen LogP contribution in [0.3, 0.4) is 0 Å². The minimum atomic E-state index is -0.843. The molecule has 140 valence electrons. The number of aliphatic carboxylic acids is 1. The van der Waals surface area contributed by atoms with E-state index in [1.54, 1.807) is 6.20 Å². The van der Waals surface area contributed by atoms with Crippen molar-refractivity contribution in [2.24, 2.45) is 5.92 Å². The summed E-state index contributed by atoms with van der Waals surface area (Å²) in [5.74, 6) is -0.901. The van der Waals surface area contributed by atoms with Gasteiger partial charge in [-0.25, -0.2) is 4.98 Å². The number of carboxylic acids is 1. The minimum Gasteiger partial charge on any atom is -0.481 e. The third kappa shape index (κ3) is 4.46. The van der Waals surface area contributed by atoms with Crippen molar-refractivity contribution in [2.75, 3.05) is 5.73 Å². The van der Waals surface area contributed by atoms with Crippen molar-refractivity contribution in [2.45, 2.75) is 32.1 Å². The highest BCUT2D eigenvalue weighted by Gasteiger charge is 2.32. The number of nitrogens with two attached hydrogens (primary N) is 1. The van der Waals surface area contributed by atoms with E-state index in [1.165, 1.54) is 0 Å². The average Bonchev–Trinajstić information content (AvgIpc) is 3.19. The van der Waals surface area contributed by atoms with Gasteiger partial charge in [0.2, 0.25) is 0 Å². The molecule has 0 amide bonds. The number of H-pyrrole nitrogens is 1. The summed E-state index contributed by atoms with van der Waals surface area (Å²) in [7, 11) is 0. The number of aromatic amines is 1. The summed E-state index contributed by atoms with van der Waals surface area (Å²) >= 11 is 0. The first kappa shape index (κ1) is 18.5. The quantitative estimate of drug-likeness (QED) is 0.558.